The average molecular weight is 302 g/mol. The van der Waals surface area contributed by atoms with Crippen LogP contribution < -0.4 is 10.2 Å². The maximum Gasteiger partial charge on any atom is 0.302 e. The molecule has 2 aliphatic heterocycles. The van der Waals surface area contributed by atoms with E-state index >= 15 is 0 Å². The van der Waals surface area contributed by atoms with E-state index in [0.29, 0.717) is 12.0 Å². The number of benzene rings is 1. The number of fused-ring (bicyclic) bond motifs is 1. The van der Waals surface area contributed by atoms with Gasteiger partial charge in [0.15, 0.2) is 0 Å². The molecule has 0 spiro atoms. The van der Waals surface area contributed by atoms with Gasteiger partial charge in [0.2, 0.25) is 5.91 Å². The van der Waals surface area contributed by atoms with Crippen LogP contribution in [-0.2, 0) is 14.3 Å². The van der Waals surface area contributed by atoms with Gasteiger partial charge in [-0.25, -0.2) is 0 Å². The Morgan fingerprint density at radius 3 is 2.82 bits per heavy atom. The molecule has 1 N–H and O–H groups in total. The van der Waals surface area contributed by atoms with E-state index in [1.165, 1.54) is 12.5 Å². The summed E-state index contributed by atoms with van der Waals surface area (Å²) in [7, 11) is 0. The smallest absolute Gasteiger partial charge is 0.302 e. The second kappa shape index (κ2) is 6.08. The monoisotopic (exact) mass is 302 g/mol. The number of rotatable bonds is 3. The van der Waals surface area contributed by atoms with Gasteiger partial charge in [0.05, 0.1) is 0 Å². The molecule has 1 saturated heterocycles. The Hall–Kier alpha value is -1.88. The molecule has 1 fully saturated rings. The number of para-hydroxylation sites is 1. The number of nitrogens with zero attached hydrogens (tertiary/aromatic N) is 1. The van der Waals surface area contributed by atoms with Gasteiger partial charge >= 0.3 is 5.97 Å². The van der Waals surface area contributed by atoms with Crippen molar-refractivity contribution in [1.29, 1.82) is 0 Å². The van der Waals surface area contributed by atoms with Crippen LogP contribution in [0.15, 0.2) is 24.3 Å². The summed E-state index contributed by atoms with van der Waals surface area (Å²) in [4.78, 5) is 24.7. The molecule has 0 aromatic heterocycles. The zero-order chi connectivity index (χ0) is 15.7. The van der Waals surface area contributed by atoms with E-state index in [2.05, 4.69) is 11.4 Å². The molecule has 5 nitrogen and oxygen atoms in total. The molecule has 1 amide bonds. The van der Waals surface area contributed by atoms with E-state index in [4.69, 9.17) is 4.74 Å². The van der Waals surface area contributed by atoms with Crippen molar-refractivity contribution in [3.8, 4) is 0 Å². The molecule has 118 valence electrons. The number of carbonyl (C=O) groups is 2. The highest BCUT2D eigenvalue weighted by Gasteiger charge is 2.34. The number of hydrogen-bond donors (Lipinski definition) is 1. The summed E-state index contributed by atoms with van der Waals surface area (Å²) in [5.74, 6) is 0.210. The zero-order valence-electron chi connectivity index (χ0n) is 13.0. The second-order valence-corrected chi connectivity index (χ2v) is 6.19. The van der Waals surface area contributed by atoms with Crippen LogP contribution in [0.5, 0.6) is 0 Å². The summed E-state index contributed by atoms with van der Waals surface area (Å²) < 4.78 is 5.27. The first-order valence-electron chi connectivity index (χ1n) is 7.82. The van der Waals surface area contributed by atoms with Gasteiger partial charge < -0.3 is 15.0 Å². The van der Waals surface area contributed by atoms with Gasteiger partial charge in [0.1, 0.15) is 6.10 Å². The summed E-state index contributed by atoms with van der Waals surface area (Å²) in [6, 6.07) is 8.46. The molecule has 0 bridgehead atoms. The van der Waals surface area contributed by atoms with Crippen molar-refractivity contribution in [3.63, 3.8) is 0 Å². The Bertz CT molecular complexity index is 587. The Kier molecular flexibility index (Phi) is 4.16. The number of amides is 1. The van der Waals surface area contributed by atoms with Crippen molar-refractivity contribution in [2.45, 2.75) is 44.8 Å². The number of anilines is 1. The van der Waals surface area contributed by atoms with Crippen molar-refractivity contribution >= 4 is 17.6 Å². The molecule has 2 heterocycles. The topological polar surface area (TPSA) is 58.6 Å². The third-order valence-electron chi connectivity index (χ3n) is 4.53. The van der Waals surface area contributed by atoms with Crippen LogP contribution in [0.1, 0.15) is 38.2 Å². The second-order valence-electron chi connectivity index (χ2n) is 6.19. The van der Waals surface area contributed by atoms with Gasteiger partial charge in [0, 0.05) is 51.0 Å². The molecular weight excluding hydrogens is 280 g/mol. The first-order valence-corrected chi connectivity index (χ1v) is 7.82. The van der Waals surface area contributed by atoms with Crippen LogP contribution >= 0.6 is 0 Å². The molecule has 0 unspecified atom stereocenters. The molecule has 3 atom stereocenters. The lowest BCUT2D eigenvalue weighted by Gasteiger charge is -2.18. The highest BCUT2D eigenvalue weighted by atomic mass is 16.5. The van der Waals surface area contributed by atoms with Gasteiger partial charge in [-0.3, -0.25) is 9.59 Å². The van der Waals surface area contributed by atoms with Gasteiger partial charge in [-0.15, -0.1) is 0 Å². The van der Waals surface area contributed by atoms with E-state index in [0.717, 1.165) is 31.6 Å². The lowest BCUT2D eigenvalue weighted by atomic mass is 9.93. The van der Waals surface area contributed by atoms with Crippen molar-refractivity contribution in [3.05, 3.63) is 29.8 Å². The van der Waals surface area contributed by atoms with Crippen LogP contribution in [0.4, 0.5) is 5.69 Å². The third-order valence-corrected chi connectivity index (χ3v) is 4.53. The lowest BCUT2D eigenvalue weighted by Crippen LogP contribution is -2.29. The summed E-state index contributed by atoms with van der Waals surface area (Å²) in [5.41, 5.74) is 2.28. The van der Waals surface area contributed by atoms with E-state index in [9.17, 15) is 9.59 Å². The standard InChI is InChI=1S/C17H22N2O3/c1-11(20)19-10-13(16-5-3-4-6-17(16)19)7-14-8-15(9-18-14)22-12(2)21/h3-6,13-15,18H,7-10H2,1-2H3/t13-,14+,15-/m0/s1. The molecule has 0 aliphatic carbocycles. The minimum absolute atomic E-state index is 0.0249. The van der Waals surface area contributed by atoms with E-state index in [-0.39, 0.29) is 18.0 Å². The Balaban J connectivity index is 1.67. The molecule has 5 heteroatoms. The van der Waals surface area contributed by atoms with Gasteiger partial charge in [-0.2, -0.15) is 0 Å². The van der Waals surface area contributed by atoms with Gasteiger partial charge in [-0.1, -0.05) is 18.2 Å². The Morgan fingerprint density at radius 1 is 1.32 bits per heavy atom. The third kappa shape index (κ3) is 2.99. The SMILES string of the molecule is CC(=O)O[C@@H]1CN[C@H](C[C@H]2CN(C(C)=O)c3ccccc32)C1. The summed E-state index contributed by atoms with van der Waals surface area (Å²) in [5, 5.41) is 3.43. The highest BCUT2D eigenvalue weighted by Crippen LogP contribution is 2.39. The molecule has 2 aliphatic rings. The summed E-state index contributed by atoms with van der Waals surface area (Å²) in [6.45, 7) is 4.52. The van der Waals surface area contributed by atoms with Crippen molar-refractivity contribution in [2.75, 3.05) is 18.0 Å². The molecule has 1 aromatic rings. The quantitative estimate of drug-likeness (QED) is 0.865. The van der Waals surface area contributed by atoms with E-state index < -0.39 is 0 Å². The highest BCUT2D eigenvalue weighted by molar-refractivity contribution is 5.94. The van der Waals surface area contributed by atoms with Crippen molar-refractivity contribution in [1.82, 2.24) is 5.32 Å². The number of esters is 1. The van der Waals surface area contributed by atoms with Crippen molar-refractivity contribution < 1.29 is 14.3 Å². The number of carbonyl (C=O) groups excluding carboxylic acids is 2. The summed E-state index contributed by atoms with van der Waals surface area (Å²) >= 11 is 0. The largest absolute Gasteiger partial charge is 0.461 e. The molecule has 0 saturated carbocycles. The fraction of sp³-hybridized carbons (Fsp3) is 0.529. The first kappa shape index (κ1) is 15.0. The Labute approximate surface area is 130 Å². The molecule has 3 rings (SSSR count). The fourth-order valence-electron chi connectivity index (χ4n) is 3.62. The normalized spacial score (nSPS) is 26.8. The Morgan fingerprint density at radius 2 is 2.09 bits per heavy atom. The predicted octanol–water partition coefficient (Wildman–Crippen LogP) is 1.82. The minimum atomic E-state index is -0.221. The molecule has 22 heavy (non-hydrogen) atoms. The van der Waals surface area contributed by atoms with Crippen LogP contribution in [0.3, 0.4) is 0 Å². The zero-order valence-corrected chi connectivity index (χ0v) is 13.0. The molecule has 0 radical (unpaired) electrons. The molecular formula is C17H22N2O3. The lowest BCUT2D eigenvalue weighted by molar-refractivity contribution is -0.145. The van der Waals surface area contributed by atoms with Gasteiger partial charge in [0.25, 0.3) is 0 Å². The maximum atomic E-state index is 11.8. The van der Waals surface area contributed by atoms with Crippen LogP contribution in [-0.4, -0.2) is 37.1 Å². The molecule has 1 aromatic carbocycles. The van der Waals surface area contributed by atoms with E-state index in [1.807, 2.05) is 23.1 Å². The van der Waals surface area contributed by atoms with Crippen molar-refractivity contribution in [2.24, 2.45) is 0 Å². The van der Waals surface area contributed by atoms with Crippen LogP contribution in [0, 0.1) is 0 Å². The van der Waals surface area contributed by atoms with E-state index in [1.54, 1.807) is 6.92 Å². The number of ether oxygens (including phenoxy) is 1. The van der Waals surface area contributed by atoms with Crippen LogP contribution in [0.25, 0.3) is 0 Å². The number of hydrogen-bond acceptors (Lipinski definition) is 4. The maximum absolute atomic E-state index is 11.8. The van der Waals surface area contributed by atoms with Gasteiger partial charge in [-0.05, 0) is 18.1 Å². The van der Waals surface area contributed by atoms with Crippen LogP contribution in [0.2, 0.25) is 0 Å². The average Bonchev–Trinajstić information content (AvgIpc) is 3.04. The summed E-state index contributed by atoms with van der Waals surface area (Å²) in [6.07, 6.45) is 1.78. The predicted molar refractivity (Wildman–Crippen MR) is 83.8 cm³/mol. The minimum Gasteiger partial charge on any atom is -0.461 e. The first-order chi connectivity index (χ1) is 10.5. The fourth-order valence-corrected chi connectivity index (χ4v) is 3.62. The number of nitrogens with one attached hydrogen (secondary N) is 1.